The molecule has 0 spiro atoms. The summed E-state index contributed by atoms with van der Waals surface area (Å²) in [6, 6.07) is 9.81. The van der Waals surface area contributed by atoms with Gasteiger partial charge in [-0.15, -0.1) is 0 Å². The molecule has 2 heterocycles. The number of fused-ring (bicyclic) bond motifs is 1. The minimum Gasteiger partial charge on any atom is -0.467 e. The molecule has 2 aromatic carbocycles. The Morgan fingerprint density at radius 2 is 1.89 bits per heavy atom. The van der Waals surface area contributed by atoms with E-state index in [2.05, 4.69) is 5.32 Å². The Morgan fingerprint density at radius 1 is 1.15 bits per heavy atom. The van der Waals surface area contributed by atoms with Crippen molar-refractivity contribution in [1.82, 2.24) is 10.2 Å². The number of rotatable bonds is 3. The fourth-order valence-electron chi connectivity index (χ4n) is 3.36. The van der Waals surface area contributed by atoms with Crippen molar-refractivity contribution in [2.24, 2.45) is 0 Å². The van der Waals surface area contributed by atoms with Crippen molar-refractivity contribution in [1.29, 1.82) is 0 Å². The average Bonchev–Trinajstić information content (AvgIpc) is 2.86. The van der Waals surface area contributed by atoms with E-state index in [4.69, 9.17) is 32.7 Å². The van der Waals surface area contributed by atoms with Crippen molar-refractivity contribution in [3.05, 3.63) is 63.1 Å². The van der Waals surface area contributed by atoms with E-state index < -0.39 is 11.6 Å². The molecule has 27 heavy (non-hydrogen) atoms. The first kappa shape index (κ1) is 18.1. The van der Waals surface area contributed by atoms with Gasteiger partial charge in [-0.2, -0.15) is 0 Å². The maximum atomic E-state index is 13.1. The summed E-state index contributed by atoms with van der Waals surface area (Å²) < 4.78 is 10.8. The molecular weight excluding hydrogens is 391 g/mol. The standard InChI is InChI=1S/C19H16Cl2N2O4/c1-19(13-2-4-14(20)5-3-13)17(24)23(18(25)22-19)8-11-6-15(21)7-12-9-26-10-27-16(11)12/h2-7H,8-10H2,1H3,(H,22,25)/t19-/m0/s1. The van der Waals surface area contributed by atoms with Crippen LogP contribution >= 0.6 is 23.2 Å². The molecule has 1 saturated heterocycles. The van der Waals surface area contributed by atoms with Crippen LogP contribution in [-0.2, 0) is 28.2 Å². The van der Waals surface area contributed by atoms with Gasteiger partial charge in [0.05, 0.1) is 13.2 Å². The second kappa shape index (κ2) is 6.71. The lowest BCUT2D eigenvalue weighted by Gasteiger charge is -2.24. The zero-order valence-electron chi connectivity index (χ0n) is 14.4. The SMILES string of the molecule is C[C@@]1(c2ccc(Cl)cc2)NC(=O)N(Cc2cc(Cl)cc3c2OCOC3)C1=O. The van der Waals surface area contributed by atoms with Crippen molar-refractivity contribution >= 4 is 35.1 Å². The Kier molecular flexibility index (Phi) is 4.50. The van der Waals surface area contributed by atoms with Gasteiger partial charge in [-0.3, -0.25) is 9.69 Å². The van der Waals surface area contributed by atoms with Gasteiger partial charge in [0.2, 0.25) is 0 Å². The number of carbonyl (C=O) groups excluding carboxylic acids is 2. The van der Waals surface area contributed by atoms with Gasteiger partial charge in [-0.1, -0.05) is 35.3 Å². The van der Waals surface area contributed by atoms with Gasteiger partial charge in [0.25, 0.3) is 5.91 Å². The van der Waals surface area contributed by atoms with Crippen LogP contribution < -0.4 is 10.1 Å². The summed E-state index contributed by atoms with van der Waals surface area (Å²) in [6.07, 6.45) is 0. The number of hydrogen-bond donors (Lipinski definition) is 1. The molecule has 2 aromatic rings. The van der Waals surface area contributed by atoms with E-state index in [1.807, 2.05) is 0 Å². The maximum absolute atomic E-state index is 13.1. The second-order valence-corrected chi connectivity index (χ2v) is 7.49. The number of hydrogen-bond acceptors (Lipinski definition) is 4. The van der Waals surface area contributed by atoms with Crippen molar-refractivity contribution in [3.8, 4) is 5.75 Å². The molecule has 0 radical (unpaired) electrons. The highest BCUT2D eigenvalue weighted by Gasteiger charge is 2.49. The van der Waals surface area contributed by atoms with E-state index in [1.54, 1.807) is 43.3 Å². The molecule has 0 saturated carbocycles. The number of nitrogens with one attached hydrogen (secondary N) is 1. The normalized spacial score (nSPS) is 21.7. The number of carbonyl (C=O) groups is 2. The van der Waals surface area contributed by atoms with E-state index in [9.17, 15) is 9.59 Å². The second-order valence-electron chi connectivity index (χ2n) is 6.62. The van der Waals surface area contributed by atoms with E-state index in [1.165, 1.54) is 4.90 Å². The smallest absolute Gasteiger partial charge is 0.325 e. The Balaban J connectivity index is 1.66. The summed E-state index contributed by atoms with van der Waals surface area (Å²) in [4.78, 5) is 26.8. The molecule has 1 atom stereocenters. The van der Waals surface area contributed by atoms with Gasteiger partial charge < -0.3 is 14.8 Å². The zero-order valence-corrected chi connectivity index (χ0v) is 15.9. The Bertz CT molecular complexity index is 932. The van der Waals surface area contributed by atoms with Crippen LogP contribution in [-0.4, -0.2) is 23.6 Å². The van der Waals surface area contributed by atoms with E-state index in [0.29, 0.717) is 33.5 Å². The van der Waals surface area contributed by atoms with Crippen LogP contribution in [0.25, 0.3) is 0 Å². The highest BCUT2D eigenvalue weighted by molar-refractivity contribution is 6.31. The van der Waals surface area contributed by atoms with Crippen LogP contribution in [0.15, 0.2) is 36.4 Å². The quantitative estimate of drug-likeness (QED) is 0.786. The largest absolute Gasteiger partial charge is 0.467 e. The number of ether oxygens (including phenoxy) is 2. The van der Waals surface area contributed by atoms with Crippen LogP contribution in [0.2, 0.25) is 10.0 Å². The Hall–Kier alpha value is -2.28. The lowest BCUT2D eigenvalue weighted by molar-refractivity contribution is -0.131. The molecule has 3 amide bonds. The van der Waals surface area contributed by atoms with Crippen LogP contribution in [0, 0.1) is 0 Å². The topological polar surface area (TPSA) is 67.9 Å². The summed E-state index contributed by atoms with van der Waals surface area (Å²) in [6.45, 7) is 2.21. The molecule has 0 bridgehead atoms. The summed E-state index contributed by atoms with van der Waals surface area (Å²) in [5, 5.41) is 3.82. The first-order valence-electron chi connectivity index (χ1n) is 8.30. The zero-order chi connectivity index (χ0) is 19.2. The number of urea groups is 1. The van der Waals surface area contributed by atoms with Gasteiger partial charge in [0, 0.05) is 21.2 Å². The number of amides is 3. The van der Waals surface area contributed by atoms with Crippen LogP contribution in [0.4, 0.5) is 4.79 Å². The molecule has 2 aliphatic rings. The molecular formula is C19H16Cl2N2O4. The van der Waals surface area contributed by atoms with Gasteiger partial charge in [-0.05, 0) is 36.8 Å². The molecule has 1 N–H and O–H groups in total. The van der Waals surface area contributed by atoms with E-state index >= 15 is 0 Å². The van der Waals surface area contributed by atoms with Crippen molar-refractivity contribution in [2.45, 2.75) is 25.6 Å². The maximum Gasteiger partial charge on any atom is 0.325 e. The molecule has 6 nitrogen and oxygen atoms in total. The van der Waals surface area contributed by atoms with Gasteiger partial charge >= 0.3 is 6.03 Å². The predicted molar refractivity (Wildman–Crippen MR) is 99.6 cm³/mol. The number of nitrogens with zero attached hydrogens (tertiary/aromatic N) is 1. The number of imide groups is 1. The third kappa shape index (κ3) is 3.14. The lowest BCUT2D eigenvalue weighted by Crippen LogP contribution is -2.40. The highest BCUT2D eigenvalue weighted by atomic mass is 35.5. The van der Waals surface area contributed by atoms with Gasteiger partial charge in [0.1, 0.15) is 11.3 Å². The average molecular weight is 407 g/mol. The summed E-state index contributed by atoms with van der Waals surface area (Å²) >= 11 is 12.1. The minimum atomic E-state index is -1.16. The predicted octanol–water partition coefficient (Wildman–Crippen LogP) is 3.83. The number of halogens is 2. The molecule has 1 fully saturated rings. The summed E-state index contributed by atoms with van der Waals surface area (Å²) in [5.74, 6) is 0.252. The molecule has 0 aliphatic carbocycles. The Morgan fingerprint density at radius 3 is 2.63 bits per heavy atom. The minimum absolute atomic E-state index is 0.0523. The van der Waals surface area contributed by atoms with Crippen molar-refractivity contribution in [2.75, 3.05) is 6.79 Å². The molecule has 140 valence electrons. The van der Waals surface area contributed by atoms with Crippen molar-refractivity contribution in [3.63, 3.8) is 0 Å². The van der Waals surface area contributed by atoms with Crippen LogP contribution in [0.5, 0.6) is 5.75 Å². The fourth-order valence-corrected chi connectivity index (χ4v) is 3.75. The monoisotopic (exact) mass is 406 g/mol. The first-order valence-corrected chi connectivity index (χ1v) is 9.06. The highest BCUT2D eigenvalue weighted by Crippen LogP contribution is 2.35. The third-order valence-corrected chi connectivity index (χ3v) is 5.25. The molecule has 8 heteroatoms. The van der Waals surface area contributed by atoms with Crippen molar-refractivity contribution < 1.29 is 19.1 Å². The Labute approximate surface area is 165 Å². The molecule has 0 unspecified atom stereocenters. The van der Waals surface area contributed by atoms with Crippen LogP contribution in [0.3, 0.4) is 0 Å². The summed E-state index contributed by atoms with van der Waals surface area (Å²) in [7, 11) is 0. The lowest BCUT2D eigenvalue weighted by atomic mass is 9.92. The molecule has 4 rings (SSSR count). The van der Waals surface area contributed by atoms with Crippen LogP contribution in [0.1, 0.15) is 23.6 Å². The van der Waals surface area contributed by atoms with E-state index in [0.717, 1.165) is 5.56 Å². The number of benzene rings is 2. The molecule has 0 aromatic heterocycles. The molecule has 2 aliphatic heterocycles. The summed E-state index contributed by atoms with van der Waals surface area (Å²) in [5.41, 5.74) is 0.941. The van der Waals surface area contributed by atoms with E-state index in [-0.39, 0.29) is 19.2 Å². The third-order valence-electron chi connectivity index (χ3n) is 4.78. The van der Waals surface area contributed by atoms with Gasteiger partial charge in [0.15, 0.2) is 6.79 Å². The van der Waals surface area contributed by atoms with Gasteiger partial charge in [-0.25, -0.2) is 4.79 Å². The fraction of sp³-hybridized carbons (Fsp3) is 0.263. The first-order chi connectivity index (χ1) is 12.9.